The molecule has 0 aliphatic heterocycles. The summed E-state index contributed by atoms with van der Waals surface area (Å²) in [4.78, 5) is 19.8. The normalized spacial score (nSPS) is 10.8. The van der Waals surface area contributed by atoms with E-state index in [9.17, 15) is 4.79 Å². The van der Waals surface area contributed by atoms with Gasteiger partial charge in [-0.1, -0.05) is 0 Å². The van der Waals surface area contributed by atoms with Crippen LogP contribution in [0.15, 0.2) is 16.7 Å². The number of nitrogens with zero attached hydrogens (tertiary/aromatic N) is 2. The zero-order chi connectivity index (χ0) is 21.1. The highest BCUT2D eigenvalue weighted by molar-refractivity contribution is 5.94. The Hall–Kier alpha value is -3.69. The number of hydrogen-bond acceptors (Lipinski definition) is 10. The summed E-state index contributed by atoms with van der Waals surface area (Å²) in [5.41, 5.74) is 14.0. The number of methoxy groups -OCH3 is 2. The Morgan fingerprint density at radius 1 is 1.21 bits per heavy atom. The van der Waals surface area contributed by atoms with Crippen molar-refractivity contribution in [2.24, 2.45) is 0 Å². The summed E-state index contributed by atoms with van der Waals surface area (Å²) in [6, 6.07) is 1.80. The van der Waals surface area contributed by atoms with Crippen LogP contribution in [0.2, 0.25) is 0 Å². The van der Waals surface area contributed by atoms with E-state index in [1.165, 1.54) is 14.2 Å². The number of benzene rings is 1. The van der Waals surface area contributed by atoms with Crippen molar-refractivity contribution >= 4 is 28.9 Å². The molecule has 0 spiro atoms. The van der Waals surface area contributed by atoms with Crippen LogP contribution in [0.1, 0.15) is 23.6 Å². The molecule has 0 aliphatic rings. The molecule has 2 aromatic heterocycles. The summed E-state index contributed by atoms with van der Waals surface area (Å²) in [6.07, 6.45) is 1.06. The smallest absolute Gasteiger partial charge is 0.493 e. The first kappa shape index (κ1) is 20.1. The average molecular weight is 402 g/mol. The number of ether oxygens (including phenoxy) is 4. The lowest BCUT2D eigenvalue weighted by Gasteiger charge is -2.12. The number of nitrogen functional groups attached to an aromatic ring is 2. The predicted octanol–water partition coefficient (Wildman–Crippen LogP) is 2.84. The van der Waals surface area contributed by atoms with Crippen LogP contribution in [0.5, 0.6) is 17.4 Å². The summed E-state index contributed by atoms with van der Waals surface area (Å²) in [7, 11) is 3.01. The van der Waals surface area contributed by atoms with Crippen LogP contribution in [0.3, 0.4) is 0 Å². The number of carbonyl (C=O) groups is 1. The van der Waals surface area contributed by atoms with E-state index in [1.807, 2.05) is 0 Å². The van der Waals surface area contributed by atoms with Gasteiger partial charge >= 0.3 is 6.16 Å². The molecule has 10 nitrogen and oxygen atoms in total. The van der Waals surface area contributed by atoms with Gasteiger partial charge in [-0.25, -0.2) is 9.78 Å². The van der Waals surface area contributed by atoms with Crippen LogP contribution in [0.4, 0.5) is 16.6 Å². The molecule has 0 unspecified atom stereocenters. The molecule has 0 saturated carbocycles. The van der Waals surface area contributed by atoms with Crippen LogP contribution >= 0.6 is 0 Å². The molecule has 29 heavy (non-hydrogen) atoms. The summed E-state index contributed by atoms with van der Waals surface area (Å²) < 4.78 is 26.7. The number of aromatic nitrogens is 2. The number of carbonyl (C=O) groups excluding carboxylic acids is 1. The molecule has 10 heteroatoms. The van der Waals surface area contributed by atoms with Crippen molar-refractivity contribution in [1.29, 1.82) is 0 Å². The quantitative estimate of drug-likeness (QED) is 0.590. The monoisotopic (exact) mass is 402 g/mol. The maximum Gasteiger partial charge on any atom is 0.516 e. The minimum atomic E-state index is -0.863. The molecule has 0 bridgehead atoms. The van der Waals surface area contributed by atoms with Crippen molar-refractivity contribution < 1.29 is 28.2 Å². The molecular formula is C19H22N4O6. The van der Waals surface area contributed by atoms with Gasteiger partial charge in [-0.3, -0.25) is 0 Å². The van der Waals surface area contributed by atoms with Crippen molar-refractivity contribution in [2.45, 2.75) is 20.3 Å². The SMILES string of the molecule is CCOC(=O)Oc1oc2c(OC)c(OC)cc(Cc3cnc(N)nc3N)c2c1C. The van der Waals surface area contributed by atoms with Gasteiger partial charge in [-0.05, 0) is 25.5 Å². The highest BCUT2D eigenvalue weighted by atomic mass is 16.8. The minimum absolute atomic E-state index is 0.00720. The topological polar surface area (TPSA) is 145 Å². The van der Waals surface area contributed by atoms with E-state index >= 15 is 0 Å². The Bertz CT molecular complexity index is 1060. The lowest BCUT2D eigenvalue weighted by Crippen LogP contribution is -2.10. The zero-order valence-corrected chi connectivity index (χ0v) is 16.6. The van der Waals surface area contributed by atoms with Crippen molar-refractivity contribution in [3.63, 3.8) is 0 Å². The molecule has 0 aliphatic carbocycles. The fourth-order valence-corrected chi connectivity index (χ4v) is 3.03. The van der Waals surface area contributed by atoms with Gasteiger partial charge in [-0.15, -0.1) is 0 Å². The highest BCUT2D eigenvalue weighted by Gasteiger charge is 2.25. The third-order valence-electron chi connectivity index (χ3n) is 4.32. The third-order valence-corrected chi connectivity index (χ3v) is 4.32. The maximum atomic E-state index is 11.8. The molecule has 0 fully saturated rings. The van der Waals surface area contributed by atoms with Crippen molar-refractivity contribution in [1.82, 2.24) is 9.97 Å². The molecule has 3 rings (SSSR count). The summed E-state index contributed by atoms with van der Waals surface area (Å²) in [6.45, 7) is 3.62. The Balaban J connectivity index is 2.17. The molecule has 1 aromatic carbocycles. The van der Waals surface area contributed by atoms with Crippen LogP contribution in [-0.4, -0.2) is 36.9 Å². The largest absolute Gasteiger partial charge is 0.516 e. The Morgan fingerprint density at radius 3 is 2.59 bits per heavy atom. The van der Waals surface area contributed by atoms with Gasteiger partial charge in [0.2, 0.25) is 11.7 Å². The molecule has 0 atom stereocenters. The minimum Gasteiger partial charge on any atom is -0.493 e. The summed E-state index contributed by atoms with van der Waals surface area (Å²) in [5, 5.41) is 0.693. The Morgan fingerprint density at radius 2 is 1.97 bits per heavy atom. The summed E-state index contributed by atoms with van der Waals surface area (Å²) >= 11 is 0. The van der Waals surface area contributed by atoms with Gasteiger partial charge in [0.15, 0.2) is 11.3 Å². The number of fused-ring (bicyclic) bond motifs is 1. The van der Waals surface area contributed by atoms with Crippen molar-refractivity contribution in [3.8, 4) is 17.4 Å². The van der Waals surface area contributed by atoms with Gasteiger partial charge in [-0.2, -0.15) is 4.98 Å². The zero-order valence-electron chi connectivity index (χ0n) is 16.6. The first-order valence-corrected chi connectivity index (χ1v) is 8.77. The second kappa shape index (κ2) is 8.13. The molecule has 0 saturated heterocycles. The maximum absolute atomic E-state index is 11.8. The second-order valence-electron chi connectivity index (χ2n) is 6.09. The van der Waals surface area contributed by atoms with Gasteiger partial charge in [0.1, 0.15) is 5.82 Å². The molecule has 4 N–H and O–H groups in total. The Labute approximate surface area is 166 Å². The standard InChI is InChI=1S/C19H22N4O6/c1-5-27-19(24)29-17-9(2)13-10(6-11-8-22-18(21)23-16(11)20)7-12(25-3)14(26-4)15(13)28-17/h7-8H,5-6H2,1-4H3,(H4,20,21,22,23). The molecular weight excluding hydrogens is 380 g/mol. The van der Waals surface area contributed by atoms with Crippen molar-refractivity contribution in [3.05, 3.63) is 29.0 Å². The third kappa shape index (κ3) is 3.82. The van der Waals surface area contributed by atoms with E-state index in [1.54, 1.807) is 26.1 Å². The second-order valence-corrected chi connectivity index (χ2v) is 6.09. The van der Waals surface area contributed by atoms with E-state index in [0.29, 0.717) is 40.0 Å². The van der Waals surface area contributed by atoms with Gasteiger partial charge < -0.3 is 34.8 Å². The molecule has 3 aromatic rings. The first-order chi connectivity index (χ1) is 13.9. The van der Waals surface area contributed by atoms with Gasteiger partial charge in [0, 0.05) is 29.1 Å². The predicted molar refractivity (Wildman–Crippen MR) is 105 cm³/mol. The molecule has 2 heterocycles. The summed E-state index contributed by atoms with van der Waals surface area (Å²) in [5.74, 6) is 1.18. The molecule has 0 radical (unpaired) electrons. The molecule has 154 valence electrons. The van der Waals surface area contributed by atoms with Crippen LogP contribution < -0.4 is 25.7 Å². The lowest BCUT2D eigenvalue weighted by molar-refractivity contribution is 0.0952. The Kier molecular flexibility index (Phi) is 5.62. The highest BCUT2D eigenvalue weighted by Crippen LogP contribution is 2.44. The average Bonchev–Trinajstić information content (AvgIpc) is 3.00. The fraction of sp³-hybridized carbons (Fsp3) is 0.316. The van der Waals surface area contributed by atoms with Crippen molar-refractivity contribution in [2.75, 3.05) is 32.3 Å². The number of aryl methyl sites for hydroxylation is 1. The lowest BCUT2D eigenvalue weighted by atomic mass is 9.99. The number of furan rings is 1. The number of rotatable bonds is 6. The van der Waals surface area contributed by atoms with Crippen LogP contribution in [0, 0.1) is 6.92 Å². The van der Waals surface area contributed by atoms with Crippen LogP contribution in [0.25, 0.3) is 11.0 Å². The van der Waals surface area contributed by atoms with E-state index in [4.69, 9.17) is 34.8 Å². The fourth-order valence-electron chi connectivity index (χ4n) is 3.03. The first-order valence-electron chi connectivity index (χ1n) is 8.77. The van der Waals surface area contributed by atoms with E-state index in [2.05, 4.69) is 9.97 Å². The van der Waals surface area contributed by atoms with E-state index in [0.717, 1.165) is 5.56 Å². The van der Waals surface area contributed by atoms with Gasteiger partial charge in [0.25, 0.3) is 5.95 Å². The van der Waals surface area contributed by atoms with Gasteiger partial charge in [0.05, 0.1) is 20.8 Å². The molecule has 0 amide bonds. The van der Waals surface area contributed by atoms with E-state index < -0.39 is 6.16 Å². The van der Waals surface area contributed by atoms with E-state index in [-0.39, 0.29) is 24.3 Å². The van der Waals surface area contributed by atoms with Crippen LogP contribution in [-0.2, 0) is 11.2 Å². The number of anilines is 2. The number of nitrogens with two attached hydrogens (primary N) is 2. The number of hydrogen-bond donors (Lipinski definition) is 2.